The fourth-order valence-corrected chi connectivity index (χ4v) is 2.37. The molecule has 0 bridgehead atoms. The average molecular weight is 249 g/mol. The number of benzene rings is 1. The van der Waals surface area contributed by atoms with Crippen molar-refractivity contribution in [2.24, 2.45) is 0 Å². The molecule has 98 valence electrons. The Morgan fingerprint density at radius 3 is 3.06 bits per heavy atom. The van der Waals surface area contributed by atoms with Gasteiger partial charge in [-0.3, -0.25) is 4.79 Å². The quantitative estimate of drug-likeness (QED) is 0.771. The lowest BCUT2D eigenvalue weighted by molar-refractivity contribution is -0.122. The molecule has 4 nitrogen and oxygen atoms in total. The van der Waals surface area contributed by atoms with Crippen molar-refractivity contribution in [2.45, 2.75) is 31.4 Å². The Labute approximate surface area is 107 Å². The van der Waals surface area contributed by atoms with Crippen LogP contribution < -0.4 is 5.32 Å². The second-order valence-corrected chi connectivity index (χ2v) is 4.61. The van der Waals surface area contributed by atoms with E-state index in [9.17, 15) is 9.90 Å². The van der Waals surface area contributed by atoms with Crippen molar-refractivity contribution < 1.29 is 14.6 Å². The Hall–Kier alpha value is -1.39. The Bertz CT molecular complexity index is 419. The Morgan fingerprint density at radius 2 is 2.28 bits per heavy atom. The smallest absolute Gasteiger partial charge is 0.220 e. The first-order valence-corrected chi connectivity index (χ1v) is 6.26. The highest BCUT2D eigenvalue weighted by molar-refractivity contribution is 5.76. The molecule has 4 heteroatoms. The van der Waals surface area contributed by atoms with E-state index in [0.29, 0.717) is 25.9 Å². The van der Waals surface area contributed by atoms with Gasteiger partial charge in [0, 0.05) is 26.6 Å². The monoisotopic (exact) mass is 249 g/mol. The molecule has 18 heavy (non-hydrogen) atoms. The van der Waals surface area contributed by atoms with Crippen molar-refractivity contribution in [3.05, 3.63) is 35.4 Å². The molecule has 2 atom stereocenters. The number of aliphatic hydroxyl groups is 1. The van der Waals surface area contributed by atoms with Gasteiger partial charge in [-0.2, -0.15) is 0 Å². The van der Waals surface area contributed by atoms with Crippen molar-refractivity contribution in [3.8, 4) is 0 Å². The predicted octanol–water partition coefficient (Wildman–Crippen LogP) is 1.19. The number of aliphatic hydroxyl groups excluding tert-OH is 1. The van der Waals surface area contributed by atoms with E-state index in [1.165, 1.54) is 0 Å². The highest BCUT2D eigenvalue weighted by Crippen LogP contribution is 2.31. The summed E-state index contributed by atoms with van der Waals surface area (Å²) in [6.07, 6.45) is 1.22. The molecule has 2 rings (SSSR count). The molecule has 1 aromatic carbocycles. The number of methoxy groups -OCH3 is 1. The van der Waals surface area contributed by atoms with Gasteiger partial charge in [0.15, 0.2) is 0 Å². The second-order valence-electron chi connectivity index (χ2n) is 4.61. The van der Waals surface area contributed by atoms with Crippen LogP contribution in [0, 0.1) is 0 Å². The van der Waals surface area contributed by atoms with Crippen molar-refractivity contribution in [3.63, 3.8) is 0 Å². The minimum absolute atomic E-state index is 0.0344. The van der Waals surface area contributed by atoms with E-state index < -0.39 is 6.10 Å². The largest absolute Gasteiger partial charge is 0.390 e. The fraction of sp³-hybridized carbons (Fsp3) is 0.500. The zero-order chi connectivity index (χ0) is 13.0. The van der Waals surface area contributed by atoms with Crippen LogP contribution in [0.15, 0.2) is 24.3 Å². The number of carbonyl (C=O) groups excluding carboxylic acids is 1. The van der Waals surface area contributed by atoms with Crippen LogP contribution in [0.2, 0.25) is 0 Å². The Balaban J connectivity index is 1.95. The van der Waals surface area contributed by atoms with Crippen LogP contribution in [0.4, 0.5) is 0 Å². The van der Waals surface area contributed by atoms with Gasteiger partial charge in [0.2, 0.25) is 5.91 Å². The number of hydrogen-bond acceptors (Lipinski definition) is 3. The van der Waals surface area contributed by atoms with Gasteiger partial charge in [-0.05, 0) is 17.5 Å². The van der Waals surface area contributed by atoms with E-state index in [2.05, 4.69) is 5.32 Å². The van der Waals surface area contributed by atoms with Gasteiger partial charge < -0.3 is 15.2 Å². The Kier molecular flexibility index (Phi) is 4.33. The molecule has 0 fully saturated rings. The number of nitrogens with one attached hydrogen (secondary N) is 1. The molecular formula is C14H19NO3. The average Bonchev–Trinajstić information content (AvgIpc) is 2.67. The molecule has 0 aromatic heterocycles. The number of rotatable bonds is 5. The van der Waals surface area contributed by atoms with Crippen molar-refractivity contribution in [1.82, 2.24) is 5.32 Å². The summed E-state index contributed by atoms with van der Waals surface area (Å²) in [5.41, 5.74) is 2.15. The van der Waals surface area contributed by atoms with Crippen LogP contribution in [-0.2, 0) is 16.0 Å². The molecular weight excluding hydrogens is 230 g/mol. The molecule has 0 saturated heterocycles. The van der Waals surface area contributed by atoms with E-state index >= 15 is 0 Å². The summed E-state index contributed by atoms with van der Waals surface area (Å²) in [7, 11) is 1.62. The van der Waals surface area contributed by atoms with Gasteiger partial charge in [-0.25, -0.2) is 0 Å². The van der Waals surface area contributed by atoms with E-state index in [0.717, 1.165) is 11.1 Å². The lowest BCUT2D eigenvalue weighted by Gasteiger charge is -2.17. The molecule has 2 N–H and O–H groups in total. The number of amides is 1. The molecule has 0 aliphatic heterocycles. The van der Waals surface area contributed by atoms with Crippen LogP contribution >= 0.6 is 0 Å². The third kappa shape index (κ3) is 2.89. The Morgan fingerprint density at radius 1 is 1.50 bits per heavy atom. The van der Waals surface area contributed by atoms with Gasteiger partial charge in [-0.15, -0.1) is 0 Å². The van der Waals surface area contributed by atoms with Gasteiger partial charge >= 0.3 is 0 Å². The fourth-order valence-electron chi connectivity index (χ4n) is 2.37. The topological polar surface area (TPSA) is 58.6 Å². The van der Waals surface area contributed by atoms with Crippen LogP contribution in [0.25, 0.3) is 0 Å². The molecule has 0 spiro atoms. The summed E-state index contributed by atoms with van der Waals surface area (Å²) in [4.78, 5) is 11.8. The number of ether oxygens (including phenoxy) is 1. The van der Waals surface area contributed by atoms with Crippen molar-refractivity contribution in [1.29, 1.82) is 0 Å². The van der Waals surface area contributed by atoms with Gasteiger partial charge in [0.1, 0.15) is 0 Å². The molecule has 0 heterocycles. The van der Waals surface area contributed by atoms with Crippen molar-refractivity contribution >= 4 is 5.91 Å². The zero-order valence-electron chi connectivity index (χ0n) is 10.6. The van der Waals surface area contributed by atoms with Gasteiger partial charge in [0.05, 0.1) is 12.1 Å². The SMILES string of the molecule is COCCCC(=O)NC1c2ccccc2CC1O. The number of fused-ring (bicyclic) bond motifs is 1. The normalized spacial score (nSPS) is 21.7. The third-order valence-electron chi connectivity index (χ3n) is 3.27. The molecule has 2 unspecified atom stereocenters. The van der Waals surface area contributed by atoms with Crippen molar-refractivity contribution in [2.75, 3.05) is 13.7 Å². The molecule has 1 amide bonds. The predicted molar refractivity (Wildman–Crippen MR) is 68.1 cm³/mol. The van der Waals surface area contributed by atoms with Crippen LogP contribution in [0.3, 0.4) is 0 Å². The first-order valence-electron chi connectivity index (χ1n) is 6.26. The number of carbonyl (C=O) groups is 1. The molecule has 0 radical (unpaired) electrons. The lowest BCUT2D eigenvalue weighted by atomic mass is 10.1. The van der Waals surface area contributed by atoms with Gasteiger partial charge in [-0.1, -0.05) is 24.3 Å². The summed E-state index contributed by atoms with van der Waals surface area (Å²) in [5, 5.41) is 12.9. The van der Waals surface area contributed by atoms with Crippen LogP contribution in [0.5, 0.6) is 0 Å². The van der Waals surface area contributed by atoms with Crippen LogP contribution in [0.1, 0.15) is 30.0 Å². The third-order valence-corrected chi connectivity index (χ3v) is 3.27. The standard InChI is InChI=1S/C14H19NO3/c1-18-8-4-7-13(17)15-14-11-6-3-2-5-10(11)9-12(14)16/h2-3,5-6,12,14,16H,4,7-9H2,1H3,(H,15,17). The second kappa shape index (κ2) is 5.98. The van der Waals surface area contributed by atoms with E-state index in [1.54, 1.807) is 7.11 Å². The van der Waals surface area contributed by atoms with Gasteiger partial charge in [0.25, 0.3) is 0 Å². The molecule has 0 saturated carbocycles. The van der Waals surface area contributed by atoms with E-state index in [1.807, 2.05) is 24.3 Å². The lowest BCUT2D eigenvalue weighted by Crippen LogP contribution is -2.33. The first-order chi connectivity index (χ1) is 8.72. The maximum absolute atomic E-state index is 11.8. The highest BCUT2D eigenvalue weighted by atomic mass is 16.5. The molecule has 1 aromatic rings. The molecule has 1 aliphatic rings. The van der Waals surface area contributed by atoms with Crippen LogP contribution in [-0.4, -0.2) is 30.8 Å². The zero-order valence-corrected chi connectivity index (χ0v) is 10.6. The van der Waals surface area contributed by atoms with E-state index in [-0.39, 0.29) is 11.9 Å². The summed E-state index contributed by atoms with van der Waals surface area (Å²) in [5.74, 6) is -0.0344. The summed E-state index contributed by atoms with van der Waals surface area (Å²) >= 11 is 0. The first kappa shape index (κ1) is 13.1. The highest BCUT2D eigenvalue weighted by Gasteiger charge is 2.31. The summed E-state index contributed by atoms with van der Waals surface area (Å²) in [6, 6.07) is 7.58. The minimum Gasteiger partial charge on any atom is -0.390 e. The summed E-state index contributed by atoms with van der Waals surface area (Å²) in [6.45, 7) is 0.581. The maximum Gasteiger partial charge on any atom is 0.220 e. The minimum atomic E-state index is -0.520. The molecule has 1 aliphatic carbocycles. The summed E-state index contributed by atoms with van der Waals surface area (Å²) < 4.78 is 4.91. The maximum atomic E-state index is 11.8. The number of hydrogen-bond donors (Lipinski definition) is 2. The van der Waals surface area contributed by atoms with E-state index in [4.69, 9.17) is 4.74 Å².